The molecule has 2 rings (SSSR count). The van der Waals surface area contributed by atoms with Crippen molar-refractivity contribution >= 4 is 11.6 Å². The highest BCUT2D eigenvalue weighted by atomic mass is 35.5. The minimum Gasteiger partial charge on any atom is -0.302 e. The average molecular weight is 264 g/mol. The van der Waals surface area contributed by atoms with Crippen LogP contribution < -0.4 is 5.32 Å². The van der Waals surface area contributed by atoms with Crippen molar-refractivity contribution in [1.29, 1.82) is 0 Å². The van der Waals surface area contributed by atoms with Gasteiger partial charge >= 0.3 is 0 Å². The molecule has 0 spiro atoms. The Morgan fingerprint density at radius 1 is 1.11 bits per heavy atom. The molecule has 0 saturated carbocycles. The largest absolute Gasteiger partial charge is 0.302 e. The molecule has 96 valence electrons. The summed E-state index contributed by atoms with van der Waals surface area (Å²) >= 11 is 5.89. The van der Waals surface area contributed by atoms with Crippen LogP contribution in [0, 0.1) is 0 Å². The summed E-state index contributed by atoms with van der Waals surface area (Å²) in [7, 11) is 1.96. The lowest BCUT2D eigenvalue weighted by Crippen LogP contribution is -2.24. The van der Waals surface area contributed by atoms with Gasteiger partial charge < -0.3 is 5.32 Å². The summed E-state index contributed by atoms with van der Waals surface area (Å²) in [5.74, 6) is 0. The van der Waals surface area contributed by atoms with Crippen molar-refractivity contribution in [2.24, 2.45) is 7.05 Å². The Labute approximate surface area is 113 Å². The Bertz CT molecular complexity index is 504. The Balaban J connectivity index is 2.05. The van der Waals surface area contributed by atoms with E-state index in [0.29, 0.717) is 0 Å². The first-order valence-electron chi connectivity index (χ1n) is 6.07. The number of benzene rings is 1. The van der Waals surface area contributed by atoms with E-state index in [9.17, 15) is 0 Å². The van der Waals surface area contributed by atoms with E-state index in [4.69, 9.17) is 11.6 Å². The number of nitrogens with one attached hydrogen (secondary N) is 1. The third-order valence-corrected chi connectivity index (χ3v) is 3.42. The molecule has 1 N–H and O–H groups in total. The van der Waals surface area contributed by atoms with Crippen molar-refractivity contribution in [3.05, 3.63) is 52.8 Å². The Kier molecular flexibility index (Phi) is 4.04. The zero-order valence-corrected chi connectivity index (χ0v) is 11.6. The number of halogens is 1. The molecule has 1 aromatic carbocycles. The van der Waals surface area contributed by atoms with Crippen LogP contribution in [0.5, 0.6) is 0 Å². The summed E-state index contributed by atoms with van der Waals surface area (Å²) in [4.78, 5) is 0. The lowest BCUT2D eigenvalue weighted by molar-refractivity contribution is 0.469. The SMILES string of the molecule is CC(NC(C)c1ccnn1C)c1ccc(Cl)cc1. The van der Waals surface area contributed by atoms with E-state index in [1.807, 2.05) is 36.1 Å². The number of aromatic nitrogens is 2. The number of nitrogens with zero attached hydrogens (tertiary/aromatic N) is 2. The van der Waals surface area contributed by atoms with Gasteiger partial charge in [-0.15, -0.1) is 0 Å². The molecule has 2 atom stereocenters. The fraction of sp³-hybridized carbons (Fsp3) is 0.357. The maximum absolute atomic E-state index is 5.89. The highest BCUT2D eigenvalue weighted by Gasteiger charge is 2.13. The van der Waals surface area contributed by atoms with Gasteiger partial charge in [0, 0.05) is 30.4 Å². The first-order chi connectivity index (χ1) is 8.58. The van der Waals surface area contributed by atoms with Crippen molar-refractivity contribution in [2.75, 3.05) is 0 Å². The average Bonchev–Trinajstić information content (AvgIpc) is 2.76. The highest BCUT2D eigenvalue weighted by Crippen LogP contribution is 2.20. The fourth-order valence-corrected chi connectivity index (χ4v) is 2.24. The third kappa shape index (κ3) is 2.92. The molecular formula is C14H18ClN3. The molecule has 0 aliphatic heterocycles. The van der Waals surface area contributed by atoms with Gasteiger partial charge in [-0.1, -0.05) is 23.7 Å². The second kappa shape index (κ2) is 5.55. The van der Waals surface area contributed by atoms with Crippen molar-refractivity contribution in [3.63, 3.8) is 0 Å². The fourth-order valence-electron chi connectivity index (χ4n) is 2.12. The predicted molar refractivity (Wildman–Crippen MR) is 74.6 cm³/mol. The van der Waals surface area contributed by atoms with Gasteiger partial charge in [0.15, 0.2) is 0 Å². The predicted octanol–water partition coefficient (Wildman–Crippen LogP) is 3.49. The summed E-state index contributed by atoms with van der Waals surface area (Å²) < 4.78 is 1.90. The molecule has 0 fully saturated rings. The minimum atomic E-state index is 0.253. The summed E-state index contributed by atoms with van der Waals surface area (Å²) in [6.45, 7) is 4.29. The molecule has 0 aliphatic rings. The summed E-state index contributed by atoms with van der Waals surface area (Å²) in [5, 5.41) is 8.51. The van der Waals surface area contributed by atoms with Gasteiger partial charge in [0.1, 0.15) is 0 Å². The van der Waals surface area contributed by atoms with E-state index in [2.05, 4.69) is 36.4 Å². The molecule has 0 bridgehead atoms. The molecule has 2 unspecified atom stereocenters. The third-order valence-electron chi connectivity index (χ3n) is 3.17. The van der Waals surface area contributed by atoms with Crippen molar-refractivity contribution < 1.29 is 0 Å². The first-order valence-corrected chi connectivity index (χ1v) is 6.45. The maximum Gasteiger partial charge on any atom is 0.0547 e. The van der Waals surface area contributed by atoms with Gasteiger partial charge in [0.05, 0.1) is 5.69 Å². The smallest absolute Gasteiger partial charge is 0.0547 e. The van der Waals surface area contributed by atoms with E-state index in [0.717, 1.165) is 5.02 Å². The highest BCUT2D eigenvalue weighted by molar-refractivity contribution is 6.30. The molecule has 3 nitrogen and oxygen atoms in total. The molecule has 0 aliphatic carbocycles. The van der Waals surface area contributed by atoms with E-state index < -0.39 is 0 Å². The van der Waals surface area contributed by atoms with Crippen LogP contribution in [0.3, 0.4) is 0 Å². The first kappa shape index (κ1) is 13.1. The van der Waals surface area contributed by atoms with Crippen LogP contribution in [0.15, 0.2) is 36.5 Å². The van der Waals surface area contributed by atoms with Crippen LogP contribution in [0.2, 0.25) is 5.02 Å². The Morgan fingerprint density at radius 3 is 2.33 bits per heavy atom. The van der Waals surface area contributed by atoms with Gasteiger partial charge in [0.25, 0.3) is 0 Å². The lowest BCUT2D eigenvalue weighted by Gasteiger charge is -2.20. The van der Waals surface area contributed by atoms with Gasteiger partial charge in [0.2, 0.25) is 0 Å². The zero-order chi connectivity index (χ0) is 13.1. The normalized spacial score (nSPS) is 14.4. The van der Waals surface area contributed by atoms with Crippen LogP contribution in [0.1, 0.15) is 37.2 Å². The van der Waals surface area contributed by atoms with E-state index >= 15 is 0 Å². The molecule has 2 aromatic rings. The molecule has 4 heteroatoms. The number of hydrogen-bond acceptors (Lipinski definition) is 2. The molecular weight excluding hydrogens is 246 g/mol. The summed E-state index contributed by atoms with van der Waals surface area (Å²) in [5.41, 5.74) is 2.41. The summed E-state index contributed by atoms with van der Waals surface area (Å²) in [6, 6.07) is 10.5. The maximum atomic E-state index is 5.89. The monoisotopic (exact) mass is 263 g/mol. The van der Waals surface area contributed by atoms with Crippen LogP contribution in [-0.4, -0.2) is 9.78 Å². The van der Waals surface area contributed by atoms with Crippen LogP contribution >= 0.6 is 11.6 Å². The van der Waals surface area contributed by atoms with E-state index in [1.54, 1.807) is 0 Å². The van der Waals surface area contributed by atoms with E-state index in [-0.39, 0.29) is 12.1 Å². The second-order valence-corrected chi connectivity index (χ2v) is 4.98. The van der Waals surface area contributed by atoms with Crippen LogP contribution in [0.4, 0.5) is 0 Å². The minimum absolute atomic E-state index is 0.253. The molecule has 1 aromatic heterocycles. The van der Waals surface area contributed by atoms with Crippen LogP contribution in [0.25, 0.3) is 0 Å². The lowest BCUT2D eigenvalue weighted by atomic mass is 10.1. The molecule has 1 heterocycles. The second-order valence-electron chi connectivity index (χ2n) is 4.54. The quantitative estimate of drug-likeness (QED) is 0.915. The van der Waals surface area contributed by atoms with Crippen LogP contribution in [-0.2, 0) is 7.05 Å². The molecule has 18 heavy (non-hydrogen) atoms. The van der Waals surface area contributed by atoms with Gasteiger partial charge in [-0.25, -0.2) is 0 Å². The molecule has 0 saturated heterocycles. The Morgan fingerprint density at radius 2 is 1.78 bits per heavy atom. The van der Waals surface area contributed by atoms with E-state index in [1.165, 1.54) is 11.3 Å². The number of rotatable bonds is 4. The van der Waals surface area contributed by atoms with Gasteiger partial charge in [-0.2, -0.15) is 5.10 Å². The van der Waals surface area contributed by atoms with Crippen molar-refractivity contribution in [1.82, 2.24) is 15.1 Å². The Hall–Kier alpha value is -1.32. The number of hydrogen-bond donors (Lipinski definition) is 1. The number of aryl methyl sites for hydroxylation is 1. The molecule has 0 radical (unpaired) electrons. The zero-order valence-electron chi connectivity index (χ0n) is 10.9. The van der Waals surface area contributed by atoms with Gasteiger partial charge in [-0.05, 0) is 37.6 Å². The summed E-state index contributed by atoms with van der Waals surface area (Å²) in [6.07, 6.45) is 1.82. The topological polar surface area (TPSA) is 29.9 Å². The molecule has 0 amide bonds. The standard InChI is InChI=1S/C14H18ClN3/c1-10(12-4-6-13(15)7-5-12)17-11(2)14-8-9-16-18(14)3/h4-11,17H,1-3H3. The van der Waals surface area contributed by atoms with Crippen molar-refractivity contribution in [2.45, 2.75) is 25.9 Å². The van der Waals surface area contributed by atoms with Gasteiger partial charge in [-0.3, -0.25) is 4.68 Å². The van der Waals surface area contributed by atoms with Crippen molar-refractivity contribution in [3.8, 4) is 0 Å².